The molecule has 20 heavy (non-hydrogen) atoms. The normalized spacial score (nSPS) is 11.8. The molecule has 0 bridgehead atoms. The molecule has 1 unspecified atom stereocenters. The molecule has 1 amide bonds. The fourth-order valence-electron chi connectivity index (χ4n) is 1.74. The number of halogens is 1. The Labute approximate surface area is 123 Å². The molecule has 104 valence electrons. The molecule has 0 fully saturated rings. The second-order valence-electron chi connectivity index (χ2n) is 4.55. The molecule has 3 nitrogen and oxygen atoms in total. The van der Waals surface area contributed by atoms with Crippen molar-refractivity contribution in [3.63, 3.8) is 0 Å². The minimum Gasteiger partial charge on any atom is -0.481 e. The predicted molar refractivity (Wildman–Crippen MR) is 81.4 cm³/mol. The molecule has 1 N–H and O–H groups in total. The van der Waals surface area contributed by atoms with Gasteiger partial charge < -0.3 is 10.1 Å². The molecule has 0 aromatic heterocycles. The summed E-state index contributed by atoms with van der Waals surface area (Å²) in [6.07, 6.45) is -0.604. The van der Waals surface area contributed by atoms with Crippen LogP contribution in [0.25, 0.3) is 0 Å². The Hall–Kier alpha value is -2.00. The molecule has 0 aliphatic heterocycles. The van der Waals surface area contributed by atoms with E-state index in [0.717, 1.165) is 5.56 Å². The van der Waals surface area contributed by atoms with E-state index in [1.807, 2.05) is 43.3 Å². The van der Waals surface area contributed by atoms with Gasteiger partial charge in [0.05, 0.1) is 10.7 Å². The van der Waals surface area contributed by atoms with Crippen LogP contribution in [0.15, 0.2) is 48.5 Å². The second kappa shape index (κ2) is 6.44. The molecule has 2 aromatic carbocycles. The molecule has 0 radical (unpaired) electrons. The van der Waals surface area contributed by atoms with Crippen LogP contribution in [0.4, 0.5) is 5.69 Å². The molecule has 0 heterocycles. The van der Waals surface area contributed by atoms with E-state index in [-0.39, 0.29) is 5.91 Å². The van der Waals surface area contributed by atoms with Crippen LogP contribution in [-0.4, -0.2) is 12.0 Å². The number of hydrogen-bond acceptors (Lipinski definition) is 2. The van der Waals surface area contributed by atoms with E-state index in [1.165, 1.54) is 0 Å². The summed E-state index contributed by atoms with van der Waals surface area (Å²) in [7, 11) is 0. The van der Waals surface area contributed by atoms with Crippen molar-refractivity contribution in [2.75, 3.05) is 5.32 Å². The summed E-state index contributed by atoms with van der Waals surface area (Å²) >= 11 is 6.00. The highest BCUT2D eigenvalue weighted by atomic mass is 35.5. The number of aryl methyl sites for hydroxylation is 1. The minimum absolute atomic E-state index is 0.236. The Morgan fingerprint density at radius 1 is 1.20 bits per heavy atom. The molecule has 0 aliphatic carbocycles. The zero-order valence-corrected chi connectivity index (χ0v) is 12.1. The first-order valence-corrected chi connectivity index (χ1v) is 6.73. The maximum absolute atomic E-state index is 12.1. The lowest BCUT2D eigenvalue weighted by Gasteiger charge is -2.15. The summed E-state index contributed by atoms with van der Waals surface area (Å²) < 4.78 is 5.61. The van der Waals surface area contributed by atoms with E-state index < -0.39 is 6.10 Å². The smallest absolute Gasteiger partial charge is 0.265 e. The van der Waals surface area contributed by atoms with E-state index in [1.54, 1.807) is 19.1 Å². The monoisotopic (exact) mass is 289 g/mol. The Balaban J connectivity index is 2.01. The van der Waals surface area contributed by atoms with E-state index in [0.29, 0.717) is 16.5 Å². The molecule has 0 spiro atoms. The number of nitrogens with one attached hydrogen (secondary N) is 1. The number of ether oxygens (including phenoxy) is 1. The third-order valence-electron chi connectivity index (χ3n) is 2.80. The standard InChI is InChI=1S/C16H16ClNO2/c1-11-6-5-7-13(10-11)20-12(2)16(19)18-15-9-4-3-8-14(15)17/h3-10,12H,1-2H3,(H,18,19). The van der Waals surface area contributed by atoms with Gasteiger partial charge >= 0.3 is 0 Å². The van der Waals surface area contributed by atoms with Crippen molar-refractivity contribution in [2.24, 2.45) is 0 Å². The van der Waals surface area contributed by atoms with Gasteiger partial charge in [-0.3, -0.25) is 4.79 Å². The van der Waals surface area contributed by atoms with Crippen molar-refractivity contribution in [2.45, 2.75) is 20.0 Å². The van der Waals surface area contributed by atoms with Gasteiger partial charge in [0, 0.05) is 0 Å². The molecule has 2 aromatic rings. The quantitative estimate of drug-likeness (QED) is 0.922. The summed E-state index contributed by atoms with van der Waals surface area (Å²) in [6, 6.07) is 14.7. The Kier molecular flexibility index (Phi) is 4.64. The van der Waals surface area contributed by atoms with Crippen LogP contribution in [-0.2, 0) is 4.79 Å². The summed E-state index contributed by atoms with van der Waals surface area (Å²) in [4.78, 5) is 12.1. The highest BCUT2D eigenvalue weighted by Crippen LogP contribution is 2.21. The maximum Gasteiger partial charge on any atom is 0.265 e. The van der Waals surface area contributed by atoms with Crippen LogP contribution in [0.2, 0.25) is 5.02 Å². The first-order valence-electron chi connectivity index (χ1n) is 6.35. The molecule has 0 aliphatic rings. The van der Waals surface area contributed by atoms with Crippen LogP contribution in [0.3, 0.4) is 0 Å². The van der Waals surface area contributed by atoms with Crippen molar-refractivity contribution in [1.29, 1.82) is 0 Å². The number of para-hydroxylation sites is 1. The van der Waals surface area contributed by atoms with E-state index in [2.05, 4.69) is 5.32 Å². The Morgan fingerprint density at radius 3 is 2.65 bits per heavy atom. The van der Waals surface area contributed by atoms with Gasteiger partial charge in [0.2, 0.25) is 0 Å². The van der Waals surface area contributed by atoms with Gasteiger partial charge in [-0.1, -0.05) is 35.9 Å². The van der Waals surface area contributed by atoms with Crippen molar-refractivity contribution >= 4 is 23.2 Å². The van der Waals surface area contributed by atoms with Gasteiger partial charge in [0.25, 0.3) is 5.91 Å². The predicted octanol–water partition coefficient (Wildman–Crippen LogP) is 4.05. The van der Waals surface area contributed by atoms with Crippen LogP contribution in [0, 0.1) is 6.92 Å². The molecule has 0 saturated heterocycles. The maximum atomic E-state index is 12.1. The average molecular weight is 290 g/mol. The van der Waals surface area contributed by atoms with Crippen molar-refractivity contribution in [1.82, 2.24) is 0 Å². The van der Waals surface area contributed by atoms with Gasteiger partial charge in [0.15, 0.2) is 6.10 Å². The van der Waals surface area contributed by atoms with Gasteiger partial charge in [-0.15, -0.1) is 0 Å². The number of carbonyl (C=O) groups is 1. The molecular weight excluding hydrogens is 274 g/mol. The summed E-state index contributed by atoms with van der Waals surface area (Å²) in [6.45, 7) is 3.68. The minimum atomic E-state index is -0.604. The van der Waals surface area contributed by atoms with E-state index >= 15 is 0 Å². The summed E-state index contributed by atoms with van der Waals surface area (Å²) in [5.74, 6) is 0.436. The van der Waals surface area contributed by atoms with Crippen LogP contribution < -0.4 is 10.1 Å². The van der Waals surface area contributed by atoms with E-state index in [9.17, 15) is 4.79 Å². The highest BCUT2D eigenvalue weighted by Gasteiger charge is 2.15. The van der Waals surface area contributed by atoms with Crippen molar-refractivity contribution in [3.8, 4) is 5.75 Å². The van der Waals surface area contributed by atoms with Crippen LogP contribution in [0.1, 0.15) is 12.5 Å². The molecule has 2 rings (SSSR count). The fraction of sp³-hybridized carbons (Fsp3) is 0.188. The third kappa shape index (κ3) is 3.75. The lowest BCUT2D eigenvalue weighted by Crippen LogP contribution is -2.30. The molecule has 1 atom stereocenters. The van der Waals surface area contributed by atoms with Crippen LogP contribution >= 0.6 is 11.6 Å². The number of amides is 1. The largest absolute Gasteiger partial charge is 0.481 e. The second-order valence-corrected chi connectivity index (χ2v) is 4.95. The number of hydrogen-bond donors (Lipinski definition) is 1. The Bertz CT molecular complexity index is 613. The first-order chi connectivity index (χ1) is 9.56. The SMILES string of the molecule is Cc1cccc(OC(C)C(=O)Nc2ccccc2Cl)c1. The molecule has 0 saturated carbocycles. The Morgan fingerprint density at radius 2 is 1.95 bits per heavy atom. The molecule has 4 heteroatoms. The van der Waals surface area contributed by atoms with Gasteiger partial charge in [-0.05, 0) is 43.7 Å². The van der Waals surface area contributed by atoms with Gasteiger partial charge in [-0.25, -0.2) is 0 Å². The zero-order chi connectivity index (χ0) is 14.5. The topological polar surface area (TPSA) is 38.3 Å². The van der Waals surface area contributed by atoms with Crippen molar-refractivity contribution < 1.29 is 9.53 Å². The lowest BCUT2D eigenvalue weighted by molar-refractivity contribution is -0.122. The first kappa shape index (κ1) is 14.4. The fourth-order valence-corrected chi connectivity index (χ4v) is 1.93. The molecular formula is C16H16ClNO2. The van der Waals surface area contributed by atoms with Crippen LogP contribution in [0.5, 0.6) is 5.75 Å². The zero-order valence-electron chi connectivity index (χ0n) is 11.4. The average Bonchev–Trinajstić information content (AvgIpc) is 2.41. The number of carbonyl (C=O) groups excluding carboxylic acids is 1. The summed E-state index contributed by atoms with van der Waals surface area (Å²) in [5.41, 5.74) is 1.67. The van der Waals surface area contributed by atoms with Gasteiger partial charge in [-0.2, -0.15) is 0 Å². The number of benzene rings is 2. The van der Waals surface area contributed by atoms with E-state index in [4.69, 9.17) is 16.3 Å². The van der Waals surface area contributed by atoms with Crippen molar-refractivity contribution in [3.05, 3.63) is 59.1 Å². The summed E-state index contributed by atoms with van der Waals surface area (Å²) in [5, 5.41) is 3.25. The van der Waals surface area contributed by atoms with Gasteiger partial charge in [0.1, 0.15) is 5.75 Å². The number of anilines is 1. The highest BCUT2D eigenvalue weighted by molar-refractivity contribution is 6.33. The lowest BCUT2D eigenvalue weighted by atomic mass is 10.2. The number of rotatable bonds is 4. The third-order valence-corrected chi connectivity index (χ3v) is 3.13.